The van der Waals surface area contributed by atoms with E-state index in [4.69, 9.17) is 61.8 Å². The molecular weight excluding hydrogens is 467 g/mol. The van der Waals surface area contributed by atoms with Gasteiger partial charge < -0.3 is 15.4 Å². The van der Waals surface area contributed by atoms with Gasteiger partial charge in [-0.05, 0) is 0 Å². The molecule has 0 aromatic heterocycles. The highest BCUT2D eigenvalue weighted by molar-refractivity contribution is 7.99. The minimum Gasteiger partial charge on any atom is -0.480 e. The minimum absolute atomic E-state index is 0.149. The second kappa shape index (κ2) is 15.9. The predicted molar refractivity (Wildman–Crippen MR) is 113 cm³/mol. The highest BCUT2D eigenvalue weighted by atomic mass is 35.5. The molecule has 0 bridgehead atoms. The summed E-state index contributed by atoms with van der Waals surface area (Å²) in [6, 6.07) is -0.945. The van der Waals surface area contributed by atoms with E-state index in [2.05, 4.69) is 0 Å². The number of rotatable bonds is 17. The number of hydrogen-bond donors (Lipinski definition) is 2. The van der Waals surface area contributed by atoms with Crippen LogP contribution in [0.25, 0.3) is 0 Å². The number of thioether (sulfide) groups is 1. The molecule has 1 atom stereocenters. The van der Waals surface area contributed by atoms with E-state index in [1.165, 1.54) is 11.8 Å². The monoisotopic (exact) mass is 491 g/mol. The van der Waals surface area contributed by atoms with E-state index in [0.717, 1.165) is 0 Å². The lowest BCUT2D eigenvalue weighted by atomic mass is 10.4. The maximum atomic E-state index is 13.6. The molecule has 0 saturated carbocycles. The predicted octanol–water partition coefficient (Wildman–Crippen LogP) is 2.82. The number of hydrogen-bond acceptors (Lipinski definition) is 5. The standard InChI is InChI=1S/C13H26Cl4N3O4PS/c14-1-5-19(6-2-15)25(23,20(7-3-16)8-4-17)24-9-10-26-11-12(18)13(21)22/h12H,1-11,18H2,(H,21,22)/t12-/m0/s1. The van der Waals surface area contributed by atoms with Crippen molar-refractivity contribution in [3.63, 3.8) is 0 Å². The topological polar surface area (TPSA) is 96.1 Å². The number of nitrogens with two attached hydrogens (primary N) is 1. The lowest BCUT2D eigenvalue weighted by Gasteiger charge is -2.37. The molecule has 0 amide bonds. The summed E-state index contributed by atoms with van der Waals surface area (Å²) < 4.78 is 22.7. The summed E-state index contributed by atoms with van der Waals surface area (Å²) in [6.45, 7) is 1.50. The molecule has 26 heavy (non-hydrogen) atoms. The van der Waals surface area contributed by atoms with Crippen molar-refractivity contribution in [3.05, 3.63) is 0 Å². The lowest BCUT2D eigenvalue weighted by molar-refractivity contribution is -0.137. The van der Waals surface area contributed by atoms with Gasteiger partial charge in [0.2, 0.25) is 0 Å². The van der Waals surface area contributed by atoms with Gasteiger partial charge in [0.05, 0.1) is 6.61 Å². The van der Waals surface area contributed by atoms with Gasteiger partial charge in [0.25, 0.3) is 0 Å². The Morgan fingerprint density at radius 1 is 1.04 bits per heavy atom. The molecule has 0 aliphatic heterocycles. The summed E-state index contributed by atoms with van der Waals surface area (Å²) in [5, 5.41) is 8.77. The number of halogens is 4. The fourth-order valence-corrected chi connectivity index (χ4v) is 6.56. The summed E-state index contributed by atoms with van der Waals surface area (Å²) in [6.07, 6.45) is 0. The molecule has 0 aliphatic carbocycles. The van der Waals surface area contributed by atoms with Crippen LogP contribution in [-0.4, -0.2) is 94.3 Å². The van der Waals surface area contributed by atoms with Crippen molar-refractivity contribution in [2.45, 2.75) is 6.04 Å². The molecule has 0 aliphatic rings. The first kappa shape index (κ1) is 27.0. The van der Waals surface area contributed by atoms with E-state index >= 15 is 0 Å². The van der Waals surface area contributed by atoms with E-state index < -0.39 is 19.7 Å². The van der Waals surface area contributed by atoms with E-state index in [0.29, 0.717) is 31.9 Å². The number of carbonyl (C=O) groups is 1. The van der Waals surface area contributed by atoms with Gasteiger partial charge in [-0.15, -0.1) is 46.4 Å². The highest BCUT2D eigenvalue weighted by Gasteiger charge is 2.37. The van der Waals surface area contributed by atoms with Crippen molar-refractivity contribution in [1.29, 1.82) is 0 Å². The second-order valence-electron chi connectivity index (χ2n) is 5.01. The van der Waals surface area contributed by atoms with E-state index in [1.54, 1.807) is 9.34 Å². The molecule has 0 aromatic carbocycles. The first-order valence-electron chi connectivity index (χ1n) is 7.92. The van der Waals surface area contributed by atoms with Crippen LogP contribution in [0.1, 0.15) is 0 Å². The largest absolute Gasteiger partial charge is 0.480 e. The SMILES string of the molecule is N[C@@H](CSCCOP(=O)(N(CCCl)CCCl)N(CCCl)CCCl)C(=O)O. The van der Waals surface area contributed by atoms with Crippen molar-refractivity contribution >= 4 is 71.8 Å². The molecule has 156 valence electrons. The minimum atomic E-state index is -3.42. The van der Waals surface area contributed by atoms with E-state index in [9.17, 15) is 9.36 Å². The molecule has 3 N–H and O–H groups in total. The van der Waals surface area contributed by atoms with Gasteiger partial charge >= 0.3 is 13.6 Å². The molecule has 0 fully saturated rings. The highest BCUT2D eigenvalue weighted by Crippen LogP contribution is 2.54. The third-order valence-corrected chi connectivity index (χ3v) is 7.66. The van der Waals surface area contributed by atoms with Gasteiger partial charge in [-0.2, -0.15) is 11.8 Å². The zero-order chi connectivity index (χ0) is 20.0. The van der Waals surface area contributed by atoms with Crippen LogP contribution in [0.15, 0.2) is 0 Å². The molecule has 0 rings (SSSR count). The zero-order valence-electron chi connectivity index (χ0n) is 14.4. The first-order valence-corrected chi connectivity index (χ1v) is 12.7. The van der Waals surface area contributed by atoms with Crippen LogP contribution in [0.5, 0.6) is 0 Å². The quantitative estimate of drug-likeness (QED) is 0.182. The van der Waals surface area contributed by atoms with Crippen molar-refractivity contribution in [2.75, 3.05) is 67.8 Å². The molecule has 0 aromatic rings. The second-order valence-corrected chi connectivity index (χ2v) is 10.0. The van der Waals surface area contributed by atoms with Crippen molar-refractivity contribution in [2.24, 2.45) is 5.73 Å². The Morgan fingerprint density at radius 3 is 1.81 bits per heavy atom. The fraction of sp³-hybridized carbons (Fsp3) is 0.923. The Bertz CT molecular complexity index is 410. The molecule has 13 heteroatoms. The summed E-state index contributed by atoms with van der Waals surface area (Å²) in [4.78, 5) is 10.7. The Balaban J connectivity index is 5.00. The summed E-state index contributed by atoms with van der Waals surface area (Å²) in [7, 11) is -3.42. The molecule has 0 saturated heterocycles. The van der Waals surface area contributed by atoms with Crippen LogP contribution < -0.4 is 5.73 Å². The van der Waals surface area contributed by atoms with Crippen LogP contribution in [0.3, 0.4) is 0 Å². The molecule has 7 nitrogen and oxygen atoms in total. The number of carboxylic acid groups (broad SMARTS) is 1. The third-order valence-electron chi connectivity index (χ3n) is 3.19. The molecule has 0 unspecified atom stereocenters. The number of carboxylic acids is 1. The number of alkyl halides is 4. The molecule has 0 spiro atoms. The van der Waals surface area contributed by atoms with E-state index in [1.807, 2.05) is 0 Å². The third kappa shape index (κ3) is 10.0. The van der Waals surface area contributed by atoms with Crippen LogP contribution in [0, 0.1) is 0 Å². The lowest BCUT2D eigenvalue weighted by Crippen LogP contribution is -2.37. The summed E-state index contributed by atoms with van der Waals surface area (Å²) in [5.41, 5.74) is 5.45. The van der Waals surface area contributed by atoms with Gasteiger partial charge in [0.1, 0.15) is 6.04 Å². The maximum absolute atomic E-state index is 13.6. The van der Waals surface area contributed by atoms with Gasteiger partial charge in [0.15, 0.2) is 0 Å². The van der Waals surface area contributed by atoms with E-state index in [-0.39, 0.29) is 35.9 Å². The Morgan fingerprint density at radius 2 is 1.46 bits per heavy atom. The smallest absolute Gasteiger partial charge is 0.346 e. The van der Waals surface area contributed by atoms with Crippen molar-refractivity contribution in [3.8, 4) is 0 Å². The normalized spacial score (nSPS) is 13.5. The average Bonchev–Trinajstić information content (AvgIpc) is 2.60. The average molecular weight is 493 g/mol. The maximum Gasteiger partial charge on any atom is 0.346 e. The summed E-state index contributed by atoms with van der Waals surface area (Å²) >= 11 is 24.7. The Labute approximate surface area is 179 Å². The van der Waals surface area contributed by atoms with Crippen LogP contribution in [0.4, 0.5) is 0 Å². The van der Waals surface area contributed by atoms with Crippen LogP contribution in [0.2, 0.25) is 0 Å². The van der Waals surface area contributed by atoms with Crippen LogP contribution in [-0.2, 0) is 13.9 Å². The van der Waals surface area contributed by atoms with Crippen molar-refractivity contribution < 1.29 is 19.0 Å². The first-order chi connectivity index (χ1) is 12.4. The molecular formula is C13H26Cl4N3O4PS. The fourth-order valence-electron chi connectivity index (χ4n) is 1.96. The summed E-state index contributed by atoms with van der Waals surface area (Å²) in [5.74, 6) is 0.683. The number of aliphatic carboxylic acids is 1. The van der Waals surface area contributed by atoms with Gasteiger partial charge in [0, 0.05) is 61.2 Å². The zero-order valence-corrected chi connectivity index (χ0v) is 19.1. The molecule has 0 radical (unpaired) electrons. The Hall–Kier alpha value is 1.05. The van der Waals surface area contributed by atoms with Crippen molar-refractivity contribution in [1.82, 2.24) is 9.34 Å². The Kier molecular flexibility index (Phi) is 16.6. The van der Waals surface area contributed by atoms with Gasteiger partial charge in [-0.1, -0.05) is 0 Å². The molecule has 0 heterocycles. The number of nitrogens with zero attached hydrogens (tertiary/aromatic N) is 2. The van der Waals surface area contributed by atoms with Gasteiger partial charge in [-0.3, -0.25) is 9.36 Å². The van der Waals surface area contributed by atoms with Gasteiger partial charge in [-0.25, -0.2) is 9.34 Å². The van der Waals surface area contributed by atoms with Crippen LogP contribution >= 0.6 is 65.8 Å².